The number of methoxy groups -OCH3 is 3. The maximum Gasteiger partial charge on any atom is 0.211 e. The van der Waals surface area contributed by atoms with Gasteiger partial charge in [-0.25, -0.2) is 0 Å². The van der Waals surface area contributed by atoms with Gasteiger partial charge in [0, 0.05) is 16.9 Å². The molecule has 0 spiro atoms. The minimum absolute atomic E-state index is 0.00547. The lowest BCUT2D eigenvalue weighted by atomic mass is 9.85. The second-order valence-corrected chi connectivity index (χ2v) is 8.13. The third-order valence-corrected chi connectivity index (χ3v) is 5.03. The van der Waals surface area contributed by atoms with Crippen molar-refractivity contribution in [1.82, 2.24) is 0 Å². The number of carbonyl (C=O) groups is 1. The minimum atomic E-state index is -0.636. The Morgan fingerprint density at radius 1 is 1.00 bits per heavy atom. The summed E-state index contributed by atoms with van der Waals surface area (Å²) < 4.78 is 16.0. The van der Waals surface area contributed by atoms with Gasteiger partial charge in [0.15, 0.2) is 17.3 Å². The first-order valence-corrected chi connectivity index (χ1v) is 9.66. The Morgan fingerprint density at radius 3 is 1.93 bits per heavy atom. The lowest BCUT2D eigenvalue weighted by Gasteiger charge is -2.20. The lowest BCUT2D eigenvalue weighted by Crippen LogP contribution is -2.17. The highest BCUT2D eigenvalue weighted by atomic mass is 16.6. The van der Waals surface area contributed by atoms with E-state index in [9.17, 15) is 14.9 Å². The SMILES string of the molecule is COc1cc(C(CC(=O)c2ccc(C(C)(C)C)cc2)C[N+](=O)[O-])cc(OC)c1OC. The van der Waals surface area contributed by atoms with Gasteiger partial charge in [-0.05, 0) is 28.7 Å². The topological polar surface area (TPSA) is 87.9 Å². The summed E-state index contributed by atoms with van der Waals surface area (Å²) >= 11 is 0. The van der Waals surface area contributed by atoms with Gasteiger partial charge in [-0.3, -0.25) is 14.9 Å². The number of ether oxygens (including phenoxy) is 3. The van der Waals surface area contributed by atoms with Gasteiger partial charge in [0.2, 0.25) is 12.3 Å². The van der Waals surface area contributed by atoms with Crippen molar-refractivity contribution in [3.05, 3.63) is 63.2 Å². The quantitative estimate of drug-likeness (QED) is 0.337. The molecule has 162 valence electrons. The van der Waals surface area contributed by atoms with Crippen LogP contribution < -0.4 is 14.2 Å². The van der Waals surface area contributed by atoms with E-state index in [4.69, 9.17) is 14.2 Å². The van der Waals surface area contributed by atoms with Crippen LogP contribution in [0.2, 0.25) is 0 Å². The smallest absolute Gasteiger partial charge is 0.211 e. The lowest BCUT2D eigenvalue weighted by molar-refractivity contribution is -0.483. The van der Waals surface area contributed by atoms with E-state index >= 15 is 0 Å². The molecule has 0 fully saturated rings. The Kier molecular flexibility index (Phi) is 7.43. The van der Waals surface area contributed by atoms with E-state index in [1.807, 2.05) is 12.1 Å². The van der Waals surface area contributed by atoms with Gasteiger partial charge < -0.3 is 14.2 Å². The minimum Gasteiger partial charge on any atom is -0.493 e. The molecule has 2 aromatic carbocycles. The third-order valence-electron chi connectivity index (χ3n) is 5.03. The molecule has 0 heterocycles. The molecule has 0 aromatic heterocycles. The maximum absolute atomic E-state index is 12.9. The molecule has 0 N–H and O–H groups in total. The Hall–Kier alpha value is -3.09. The van der Waals surface area contributed by atoms with Crippen LogP contribution in [0, 0.1) is 10.1 Å². The van der Waals surface area contributed by atoms with Gasteiger partial charge in [-0.2, -0.15) is 0 Å². The fourth-order valence-corrected chi connectivity index (χ4v) is 3.30. The largest absolute Gasteiger partial charge is 0.493 e. The van der Waals surface area contributed by atoms with Crippen LogP contribution in [0.3, 0.4) is 0 Å². The molecule has 7 nitrogen and oxygen atoms in total. The van der Waals surface area contributed by atoms with E-state index in [2.05, 4.69) is 20.8 Å². The molecule has 0 radical (unpaired) electrons. The van der Waals surface area contributed by atoms with Gasteiger partial charge in [0.25, 0.3) is 0 Å². The van der Waals surface area contributed by atoms with Crippen molar-refractivity contribution in [2.75, 3.05) is 27.9 Å². The molecule has 0 aliphatic rings. The van der Waals surface area contributed by atoms with Gasteiger partial charge in [-0.1, -0.05) is 45.0 Å². The van der Waals surface area contributed by atoms with E-state index in [-0.39, 0.29) is 24.2 Å². The fraction of sp³-hybridized carbons (Fsp3) is 0.435. The highest BCUT2D eigenvalue weighted by molar-refractivity contribution is 5.96. The van der Waals surface area contributed by atoms with Crippen molar-refractivity contribution in [1.29, 1.82) is 0 Å². The number of hydrogen-bond donors (Lipinski definition) is 0. The van der Waals surface area contributed by atoms with Crippen LogP contribution in [0.4, 0.5) is 0 Å². The highest BCUT2D eigenvalue weighted by Crippen LogP contribution is 2.41. The van der Waals surface area contributed by atoms with Crippen molar-refractivity contribution in [3.63, 3.8) is 0 Å². The maximum atomic E-state index is 12.9. The van der Waals surface area contributed by atoms with Crippen LogP contribution in [0.25, 0.3) is 0 Å². The summed E-state index contributed by atoms with van der Waals surface area (Å²) in [7, 11) is 4.44. The van der Waals surface area contributed by atoms with E-state index in [0.29, 0.717) is 28.4 Å². The Balaban J connectivity index is 2.37. The number of carbonyl (C=O) groups excluding carboxylic acids is 1. The molecule has 0 bridgehead atoms. The van der Waals surface area contributed by atoms with E-state index in [1.54, 1.807) is 24.3 Å². The van der Waals surface area contributed by atoms with Crippen LogP contribution >= 0.6 is 0 Å². The predicted octanol–water partition coefficient (Wildman–Crippen LogP) is 4.64. The molecule has 0 saturated heterocycles. The summed E-state index contributed by atoms with van der Waals surface area (Å²) in [4.78, 5) is 23.8. The van der Waals surface area contributed by atoms with Crippen molar-refractivity contribution >= 4 is 5.78 Å². The number of benzene rings is 2. The first kappa shape index (κ1) is 23.2. The van der Waals surface area contributed by atoms with Crippen molar-refractivity contribution in [3.8, 4) is 17.2 Å². The van der Waals surface area contributed by atoms with Crippen LogP contribution in [0.1, 0.15) is 54.6 Å². The number of nitro groups is 1. The molecular weight excluding hydrogens is 386 g/mol. The van der Waals surface area contributed by atoms with E-state index < -0.39 is 10.8 Å². The second-order valence-electron chi connectivity index (χ2n) is 8.13. The van der Waals surface area contributed by atoms with Crippen LogP contribution in [-0.4, -0.2) is 38.6 Å². The van der Waals surface area contributed by atoms with E-state index in [1.165, 1.54) is 21.3 Å². The summed E-state index contributed by atoms with van der Waals surface area (Å²) in [6.45, 7) is 5.91. The summed E-state index contributed by atoms with van der Waals surface area (Å²) in [5.41, 5.74) is 2.21. The highest BCUT2D eigenvalue weighted by Gasteiger charge is 2.26. The van der Waals surface area contributed by atoms with Crippen molar-refractivity contribution < 1.29 is 23.9 Å². The molecule has 1 unspecified atom stereocenters. The first-order chi connectivity index (χ1) is 14.1. The molecule has 1 atom stereocenters. The summed E-state index contributed by atoms with van der Waals surface area (Å²) in [5.74, 6) is 0.386. The molecule has 7 heteroatoms. The average Bonchev–Trinajstić information content (AvgIpc) is 2.71. The van der Waals surface area contributed by atoms with Crippen molar-refractivity contribution in [2.45, 2.75) is 38.5 Å². The average molecular weight is 415 g/mol. The Bertz CT molecular complexity index is 874. The number of Topliss-reactive ketones (excluding diaryl/α,β-unsaturated/α-hetero) is 1. The number of ketones is 1. The zero-order valence-electron chi connectivity index (χ0n) is 18.4. The van der Waals surface area contributed by atoms with Crippen LogP contribution in [0.5, 0.6) is 17.2 Å². The molecule has 0 aliphatic heterocycles. The zero-order chi connectivity index (χ0) is 22.5. The molecule has 0 amide bonds. The standard InChI is InChI=1S/C23H29NO6/c1-23(2,3)18-9-7-15(8-10-18)19(25)11-17(14-24(26)27)16-12-20(28-4)22(30-6)21(13-16)29-5/h7-10,12-13,17H,11,14H2,1-6H3. The molecule has 0 aliphatic carbocycles. The number of rotatable bonds is 9. The number of nitrogens with zero attached hydrogens (tertiary/aromatic N) is 1. The summed E-state index contributed by atoms with van der Waals surface area (Å²) in [6, 6.07) is 10.7. The Labute approximate surface area is 177 Å². The fourth-order valence-electron chi connectivity index (χ4n) is 3.30. The zero-order valence-corrected chi connectivity index (χ0v) is 18.4. The molecular formula is C23H29NO6. The van der Waals surface area contributed by atoms with E-state index in [0.717, 1.165) is 5.56 Å². The van der Waals surface area contributed by atoms with Crippen molar-refractivity contribution in [2.24, 2.45) is 0 Å². The molecule has 2 rings (SSSR count). The van der Waals surface area contributed by atoms with Crippen LogP contribution in [-0.2, 0) is 5.41 Å². The van der Waals surface area contributed by atoms with Gasteiger partial charge >= 0.3 is 0 Å². The predicted molar refractivity (Wildman–Crippen MR) is 115 cm³/mol. The number of hydrogen-bond acceptors (Lipinski definition) is 6. The normalized spacial score (nSPS) is 12.2. The third kappa shape index (κ3) is 5.49. The van der Waals surface area contributed by atoms with Gasteiger partial charge in [0.05, 0.1) is 27.2 Å². The monoisotopic (exact) mass is 415 g/mol. The first-order valence-electron chi connectivity index (χ1n) is 9.66. The second kappa shape index (κ2) is 9.61. The summed E-state index contributed by atoms with van der Waals surface area (Å²) in [6.07, 6.45) is -0.00547. The Morgan fingerprint density at radius 2 is 1.53 bits per heavy atom. The van der Waals surface area contributed by atoms with Gasteiger partial charge in [-0.15, -0.1) is 0 Å². The van der Waals surface area contributed by atoms with Gasteiger partial charge in [0.1, 0.15) is 0 Å². The summed E-state index contributed by atoms with van der Waals surface area (Å²) in [5, 5.41) is 11.3. The van der Waals surface area contributed by atoms with Crippen LogP contribution in [0.15, 0.2) is 36.4 Å². The molecule has 30 heavy (non-hydrogen) atoms. The molecule has 0 saturated carbocycles. The molecule has 2 aromatic rings.